The van der Waals surface area contributed by atoms with Crippen LogP contribution in [0.2, 0.25) is 0 Å². The van der Waals surface area contributed by atoms with Crippen LogP contribution in [0.25, 0.3) is 0 Å². The van der Waals surface area contributed by atoms with Gasteiger partial charge in [-0.3, -0.25) is 0 Å². The number of nitrogens with one attached hydrogen (secondary N) is 1. The lowest BCUT2D eigenvalue weighted by molar-refractivity contribution is 0.0701. The summed E-state index contributed by atoms with van der Waals surface area (Å²) in [4.78, 5) is 10.9. The Balaban J connectivity index is 2.17. The Labute approximate surface area is 125 Å². The molecule has 0 radical (unpaired) electrons. The molecule has 1 aromatic carbocycles. The molecule has 8 heteroatoms. The third kappa shape index (κ3) is 3.66. The van der Waals surface area contributed by atoms with Gasteiger partial charge in [0.2, 0.25) is 10.0 Å². The first-order valence-electron chi connectivity index (χ1n) is 5.87. The quantitative estimate of drug-likeness (QED) is 0.882. The number of aryl methyl sites for hydroxylation is 1. The Kier molecular flexibility index (Phi) is 4.40. The van der Waals surface area contributed by atoms with E-state index < -0.39 is 21.8 Å². The molecule has 21 heavy (non-hydrogen) atoms. The fourth-order valence-corrected chi connectivity index (χ4v) is 4.09. The van der Waals surface area contributed by atoms with Gasteiger partial charge in [0.05, 0.1) is 0 Å². The number of carboxylic acids is 1. The molecule has 0 fully saturated rings. The van der Waals surface area contributed by atoms with E-state index in [1.165, 1.54) is 30.3 Å². The Hall–Kier alpha value is -1.77. The minimum absolute atomic E-state index is 0.00195. The second kappa shape index (κ2) is 5.92. The molecule has 0 amide bonds. The molecule has 5 nitrogen and oxygen atoms in total. The fraction of sp³-hybridized carbons (Fsp3) is 0.154. The molecule has 1 aromatic heterocycles. The smallest absolute Gasteiger partial charge is 0.346 e. The largest absolute Gasteiger partial charge is 0.477 e. The van der Waals surface area contributed by atoms with Crippen molar-refractivity contribution in [1.82, 2.24) is 4.72 Å². The maximum Gasteiger partial charge on any atom is 0.346 e. The SMILES string of the molecule is Cc1cc(S(=O)(=O)NCc2ccc(F)cc2)sc1C(=O)O. The van der Waals surface area contributed by atoms with Gasteiger partial charge < -0.3 is 5.11 Å². The second-order valence-corrected chi connectivity index (χ2v) is 7.38. The zero-order valence-corrected chi connectivity index (χ0v) is 12.6. The topological polar surface area (TPSA) is 83.5 Å². The van der Waals surface area contributed by atoms with E-state index in [1.807, 2.05) is 0 Å². The highest BCUT2D eigenvalue weighted by molar-refractivity contribution is 7.91. The summed E-state index contributed by atoms with van der Waals surface area (Å²) in [5.74, 6) is -1.56. The summed E-state index contributed by atoms with van der Waals surface area (Å²) in [6, 6.07) is 6.74. The van der Waals surface area contributed by atoms with Crippen LogP contribution < -0.4 is 4.72 Å². The summed E-state index contributed by atoms with van der Waals surface area (Å²) < 4.78 is 39.2. The molecule has 0 atom stereocenters. The fourth-order valence-electron chi connectivity index (χ4n) is 1.65. The van der Waals surface area contributed by atoms with E-state index in [2.05, 4.69) is 4.72 Å². The van der Waals surface area contributed by atoms with Gasteiger partial charge in [0, 0.05) is 6.54 Å². The highest BCUT2D eigenvalue weighted by Gasteiger charge is 2.21. The monoisotopic (exact) mass is 329 g/mol. The molecule has 0 spiro atoms. The van der Waals surface area contributed by atoms with Crippen LogP contribution in [0.15, 0.2) is 34.5 Å². The number of hydrogen-bond donors (Lipinski definition) is 2. The number of rotatable bonds is 5. The van der Waals surface area contributed by atoms with E-state index in [0.29, 0.717) is 22.5 Å². The number of benzene rings is 1. The zero-order valence-electron chi connectivity index (χ0n) is 11.0. The summed E-state index contributed by atoms with van der Waals surface area (Å²) in [7, 11) is -3.79. The van der Waals surface area contributed by atoms with Gasteiger partial charge in [0.25, 0.3) is 0 Å². The number of carboxylic acid groups (broad SMARTS) is 1. The highest BCUT2D eigenvalue weighted by Crippen LogP contribution is 2.26. The summed E-state index contributed by atoms with van der Waals surface area (Å²) >= 11 is 0.702. The molecule has 0 aliphatic rings. The van der Waals surface area contributed by atoms with Crippen LogP contribution in [0.5, 0.6) is 0 Å². The van der Waals surface area contributed by atoms with Crippen molar-refractivity contribution in [2.75, 3.05) is 0 Å². The number of halogens is 1. The molecule has 0 aliphatic heterocycles. The normalized spacial score (nSPS) is 11.5. The van der Waals surface area contributed by atoms with Crippen molar-refractivity contribution in [2.24, 2.45) is 0 Å². The zero-order chi connectivity index (χ0) is 15.6. The summed E-state index contributed by atoms with van der Waals surface area (Å²) in [5.41, 5.74) is 1.00. The minimum Gasteiger partial charge on any atom is -0.477 e. The molecule has 0 saturated heterocycles. The molecule has 112 valence electrons. The van der Waals surface area contributed by atoms with Crippen LogP contribution >= 0.6 is 11.3 Å². The third-order valence-electron chi connectivity index (χ3n) is 2.73. The van der Waals surface area contributed by atoms with Gasteiger partial charge in [-0.15, -0.1) is 11.3 Å². The van der Waals surface area contributed by atoms with Crippen molar-refractivity contribution in [2.45, 2.75) is 17.7 Å². The second-order valence-electron chi connectivity index (χ2n) is 4.33. The molecule has 2 rings (SSSR count). The lowest BCUT2D eigenvalue weighted by Crippen LogP contribution is -2.22. The summed E-state index contributed by atoms with van der Waals surface area (Å²) in [6.45, 7) is 1.54. The first-order valence-corrected chi connectivity index (χ1v) is 8.17. The Morgan fingerprint density at radius 2 is 1.95 bits per heavy atom. The summed E-state index contributed by atoms with van der Waals surface area (Å²) in [5, 5.41) is 8.94. The van der Waals surface area contributed by atoms with E-state index >= 15 is 0 Å². The van der Waals surface area contributed by atoms with Gasteiger partial charge in [-0.05, 0) is 36.2 Å². The minimum atomic E-state index is -3.79. The van der Waals surface area contributed by atoms with Crippen molar-refractivity contribution >= 4 is 27.3 Å². The Morgan fingerprint density at radius 3 is 2.48 bits per heavy atom. The summed E-state index contributed by atoms with van der Waals surface area (Å²) in [6.07, 6.45) is 0. The van der Waals surface area contributed by atoms with E-state index in [1.54, 1.807) is 6.92 Å². The lowest BCUT2D eigenvalue weighted by Gasteiger charge is -2.04. The Bertz CT molecular complexity index is 766. The predicted octanol–water partition coefficient (Wildman–Crippen LogP) is 2.37. The van der Waals surface area contributed by atoms with Crippen LogP contribution in [-0.4, -0.2) is 19.5 Å². The molecule has 2 N–H and O–H groups in total. The van der Waals surface area contributed by atoms with Gasteiger partial charge in [0.15, 0.2) is 0 Å². The van der Waals surface area contributed by atoms with Gasteiger partial charge in [-0.25, -0.2) is 22.3 Å². The van der Waals surface area contributed by atoms with E-state index in [0.717, 1.165) is 0 Å². The number of aromatic carboxylic acids is 1. The van der Waals surface area contributed by atoms with Crippen LogP contribution in [0.4, 0.5) is 4.39 Å². The van der Waals surface area contributed by atoms with Crippen molar-refractivity contribution in [1.29, 1.82) is 0 Å². The number of hydrogen-bond acceptors (Lipinski definition) is 4. The molecule has 0 aliphatic carbocycles. The average molecular weight is 329 g/mol. The third-order valence-corrected chi connectivity index (χ3v) is 5.83. The number of sulfonamides is 1. The highest BCUT2D eigenvalue weighted by atomic mass is 32.2. The Morgan fingerprint density at radius 1 is 1.33 bits per heavy atom. The van der Waals surface area contributed by atoms with Gasteiger partial charge >= 0.3 is 5.97 Å². The number of carbonyl (C=O) groups is 1. The van der Waals surface area contributed by atoms with Gasteiger partial charge in [-0.2, -0.15) is 0 Å². The molecular weight excluding hydrogens is 317 g/mol. The first kappa shape index (κ1) is 15.6. The number of thiophene rings is 1. The molecule has 0 saturated carbocycles. The van der Waals surface area contributed by atoms with Crippen molar-refractivity contribution in [3.05, 3.63) is 52.2 Å². The molecule has 1 heterocycles. The van der Waals surface area contributed by atoms with Crippen LogP contribution in [0.1, 0.15) is 20.8 Å². The van der Waals surface area contributed by atoms with Crippen LogP contribution in [0.3, 0.4) is 0 Å². The molecule has 0 bridgehead atoms. The van der Waals surface area contributed by atoms with Gasteiger partial charge in [0.1, 0.15) is 14.9 Å². The molecule has 0 unspecified atom stereocenters. The lowest BCUT2D eigenvalue weighted by atomic mass is 10.2. The molecular formula is C13H12FNO4S2. The van der Waals surface area contributed by atoms with Crippen molar-refractivity contribution in [3.8, 4) is 0 Å². The maximum atomic E-state index is 12.8. The van der Waals surface area contributed by atoms with Crippen molar-refractivity contribution < 1.29 is 22.7 Å². The first-order chi connectivity index (χ1) is 9.79. The molecule has 2 aromatic rings. The predicted molar refractivity (Wildman–Crippen MR) is 76.4 cm³/mol. The van der Waals surface area contributed by atoms with E-state index in [9.17, 15) is 17.6 Å². The van der Waals surface area contributed by atoms with E-state index in [4.69, 9.17) is 5.11 Å². The standard InChI is InChI=1S/C13H12FNO4S2/c1-8-6-11(20-12(8)13(16)17)21(18,19)15-7-9-2-4-10(14)5-3-9/h2-6,15H,7H2,1H3,(H,16,17). The average Bonchev–Trinajstić information content (AvgIpc) is 2.81. The van der Waals surface area contributed by atoms with Crippen LogP contribution in [0, 0.1) is 12.7 Å². The van der Waals surface area contributed by atoms with E-state index in [-0.39, 0.29) is 15.6 Å². The maximum absolute atomic E-state index is 12.8. The van der Waals surface area contributed by atoms with Crippen LogP contribution in [-0.2, 0) is 16.6 Å². The van der Waals surface area contributed by atoms with Crippen molar-refractivity contribution in [3.63, 3.8) is 0 Å². The van der Waals surface area contributed by atoms with Gasteiger partial charge in [-0.1, -0.05) is 12.1 Å².